The van der Waals surface area contributed by atoms with Crippen LogP contribution in [0.25, 0.3) is 66.3 Å². The van der Waals surface area contributed by atoms with Crippen LogP contribution in [0.3, 0.4) is 0 Å². The van der Waals surface area contributed by atoms with E-state index in [1.54, 1.807) is 0 Å². The maximum absolute atomic E-state index is 9.98. The predicted molar refractivity (Wildman–Crippen MR) is 232 cm³/mol. The summed E-state index contributed by atoms with van der Waals surface area (Å²) in [7, 11) is 0. The maximum Gasteiger partial charge on any atom is 3.00 e. The smallest absolute Gasteiger partial charge is 0.876 e. The molecule has 0 unspecified atom stereocenters. The Labute approximate surface area is 354 Å². The molecule has 10 rings (SSSR count). The first-order chi connectivity index (χ1) is 27.4. The number of carbonyl (C=O) groups is 1. The molecule has 0 N–H and O–H groups in total. The van der Waals surface area contributed by atoms with E-state index in [0.29, 0.717) is 0 Å². The van der Waals surface area contributed by atoms with E-state index in [-0.39, 0.29) is 42.5 Å². The molecule has 0 radical (unpaired) electrons. The summed E-state index contributed by atoms with van der Waals surface area (Å²) in [4.78, 5) is 19.3. The molecular formula is C53H43IrN2O2. The fourth-order valence-corrected chi connectivity index (χ4v) is 8.51. The fraction of sp³-hybridized carbons (Fsp3) is 0.151. The van der Waals surface area contributed by atoms with Gasteiger partial charge in [-0.3, -0.25) is 4.79 Å². The van der Waals surface area contributed by atoms with Crippen LogP contribution in [0.2, 0.25) is 0 Å². The molecule has 0 spiro atoms. The van der Waals surface area contributed by atoms with Gasteiger partial charge in [-0.25, -0.2) is 0 Å². The number of ketones is 1. The SMILES string of the molecule is CC(=O)/C=C(/C)[O-].CC1(C)c2ccccc2-c2c[c-]c(-c3nccc4ccccc34)cc21.CC1(C)c2ccccc2-c2c[c-]c(-c3nccc4ccccc34)cc21.[Ir+3]. The Morgan fingerprint density at radius 2 is 0.948 bits per heavy atom. The molecule has 58 heavy (non-hydrogen) atoms. The van der Waals surface area contributed by atoms with Gasteiger partial charge in [-0.2, -0.15) is 0 Å². The Morgan fingerprint density at radius 3 is 1.34 bits per heavy atom. The third-order valence-corrected chi connectivity index (χ3v) is 11.3. The molecule has 6 aromatic carbocycles. The second kappa shape index (κ2) is 16.1. The summed E-state index contributed by atoms with van der Waals surface area (Å²) in [5.74, 6) is -0.375. The minimum Gasteiger partial charge on any atom is -0.876 e. The van der Waals surface area contributed by atoms with E-state index in [2.05, 4.69) is 183 Å². The first-order valence-corrected chi connectivity index (χ1v) is 19.3. The molecule has 8 aromatic rings. The van der Waals surface area contributed by atoms with E-state index in [9.17, 15) is 9.90 Å². The zero-order chi connectivity index (χ0) is 39.9. The number of fused-ring (bicyclic) bond motifs is 8. The van der Waals surface area contributed by atoms with Crippen molar-refractivity contribution in [2.24, 2.45) is 0 Å². The molecule has 0 fully saturated rings. The van der Waals surface area contributed by atoms with Crippen molar-refractivity contribution in [1.29, 1.82) is 0 Å². The normalized spacial score (nSPS) is 13.7. The van der Waals surface area contributed by atoms with Crippen molar-refractivity contribution < 1.29 is 30.0 Å². The van der Waals surface area contributed by atoms with Gasteiger partial charge in [0.05, 0.1) is 0 Å². The molecule has 0 bridgehead atoms. The molecule has 2 aromatic heterocycles. The zero-order valence-corrected chi connectivity index (χ0v) is 35.9. The summed E-state index contributed by atoms with van der Waals surface area (Å²) in [5.41, 5.74) is 14.9. The van der Waals surface area contributed by atoms with E-state index >= 15 is 0 Å². The number of pyridine rings is 2. The second-order valence-corrected chi connectivity index (χ2v) is 15.8. The fourth-order valence-electron chi connectivity index (χ4n) is 8.51. The Bertz CT molecular complexity index is 2670. The van der Waals surface area contributed by atoms with Crippen LogP contribution in [-0.2, 0) is 35.7 Å². The number of nitrogens with zero attached hydrogens (tertiary/aromatic N) is 2. The van der Waals surface area contributed by atoms with E-state index < -0.39 is 0 Å². The van der Waals surface area contributed by atoms with E-state index in [1.807, 2.05) is 12.4 Å². The predicted octanol–water partition coefficient (Wildman–Crippen LogP) is 11.9. The molecule has 0 saturated carbocycles. The summed E-state index contributed by atoms with van der Waals surface area (Å²) in [6, 6.07) is 54.2. The summed E-state index contributed by atoms with van der Waals surface area (Å²) >= 11 is 0. The quantitative estimate of drug-likeness (QED) is 0.101. The largest absolute Gasteiger partial charge is 3.00 e. The monoisotopic (exact) mass is 932 g/mol. The van der Waals surface area contributed by atoms with Gasteiger partial charge in [-0.05, 0) is 80.0 Å². The van der Waals surface area contributed by atoms with Crippen LogP contribution >= 0.6 is 0 Å². The molecule has 5 heteroatoms. The third kappa shape index (κ3) is 7.33. The molecule has 2 aliphatic carbocycles. The summed E-state index contributed by atoms with van der Waals surface area (Å²) in [5, 5.41) is 14.8. The third-order valence-electron chi connectivity index (χ3n) is 11.3. The Kier molecular flexibility index (Phi) is 11.2. The molecule has 2 heterocycles. The standard InChI is InChI=1S/2C24H18N.C5H8O2.Ir/c2*1-24(2)21-10-6-5-9-19(21)20-12-11-17(15-22(20)24)23-18-8-4-3-7-16(18)13-14-25-23;1-4(6)3-5(2)7;/h2*3-10,12-15H,1-2H3;3,6H,1-2H3;/q2*-1;;+3/p-1/b;;4-3-;. The molecule has 0 aliphatic heterocycles. The molecule has 0 atom stereocenters. The average molecular weight is 932 g/mol. The van der Waals surface area contributed by atoms with Gasteiger partial charge in [0.1, 0.15) is 0 Å². The second-order valence-electron chi connectivity index (χ2n) is 15.8. The summed E-state index contributed by atoms with van der Waals surface area (Å²) in [6.45, 7) is 11.9. The zero-order valence-electron chi connectivity index (χ0n) is 33.5. The molecule has 2 aliphatic rings. The molecule has 0 amide bonds. The summed E-state index contributed by atoms with van der Waals surface area (Å²) < 4.78 is 0. The van der Waals surface area contributed by atoms with Crippen LogP contribution in [0.5, 0.6) is 0 Å². The van der Waals surface area contributed by atoms with Crippen molar-refractivity contribution in [2.75, 3.05) is 0 Å². The number of rotatable bonds is 3. The van der Waals surface area contributed by atoms with Gasteiger partial charge >= 0.3 is 20.1 Å². The first kappa shape index (κ1) is 40.2. The first-order valence-electron chi connectivity index (χ1n) is 19.3. The summed E-state index contributed by atoms with van der Waals surface area (Å²) in [6.07, 6.45) is 4.83. The van der Waals surface area contributed by atoms with E-state index in [0.717, 1.165) is 28.6 Å². The number of benzene rings is 6. The molecule has 0 saturated heterocycles. The minimum atomic E-state index is -0.187. The average Bonchev–Trinajstić information content (AvgIpc) is 3.59. The van der Waals surface area contributed by atoms with Crippen molar-refractivity contribution >= 4 is 27.3 Å². The topological polar surface area (TPSA) is 65.9 Å². The van der Waals surface area contributed by atoms with Crippen LogP contribution in [0.1, 0.15) is 63.8 Å². The van der Waals surface area contributed by atoms with Gasteiger partial charge in [0, 0.05) is 12.4 Å². The van der Waals surface area contributed by atoms with Gasteiger partial charge in [-0.15, -0.1) is 64.4 Å². The van der Waals surface area contributed by atoms with Crippen LogP contribution in [0.4, 0.5) is 0 Å². The number of aromatic nitrogens is 2. The molecule has 4 nitrogen and oxygen atoms in total. The van der Waals surface area contributed by atoms with Crippen molar-refractivity contribution in [1.82, 2.24) is 9.97 Å². The van der Waals surface area contributed by atoms with Crippen LogP contribution in [-0.4, -0.2) is 15.8 Å². The van der Waals surface area contributed by atoms with Crippen LogP contribution in [0, 0.1) is 12.1 Å². The van der Waals surface area contributed by atoms with Crippen LogP contribution in [0.15, 0.2) is 158 Å². The maximum atomic E-state index is 9.98. The van der Waals surface area contributed by atoms with Crippen molar-refractivity contribution in [3.05, 3.63) is 192 Å². The molecule has 286 valence electrons. The number of hydrogen-bond acceptors (Lipinski definition) is 4. The minimum absolute atomic E-state index is 0. The van der Waals surface area contributed by atoms with Gasteiger partial charge in [0.25, 0.3) is 0 Å². The van der Waals surface area contributed by atoms with Crippen molar-refractivity contribution in [2.45, 2.75) is 52.4 Å². The Morgan fingerprint density at radius 1 is 0.552 bits per heavy atom. The van der Waals surface area contributed by atoms with Gasteiger partial charge in [0.15, 0.2) is 5.78 Å². The van der Waals surface area contributed by atoms with Crippen molar-refractivity contribution in [3.8, 4) is 44.8 Å². The Hall–Kier alpha value is -6.00. The van der Waals surface area contributed by atoms with Gasteiger partial charge < -0.3 is 15.1 Å². The molecular weight excluding hydrogens is 889 g/mol. The van der Waals surface area contributed by atoms with Gasteiger partial charge in [-0.1, -0.05) is 154 Å². The van der Waals surface area contributed by atoms with E-state index in [4.69, 9.17) is 0 Å². The van der Waals surface area contributed by atoms with E-state index in [1.165, 1.54) is 79.9 Å². The number of allylic oxidation sites excluding steroid dienone is 2. The Balaban J connectivity index is 0.000000150. The van der Waals surface area contributed by atoms with Crippen molar-refractivity contribution in [3.63, 3.8) is 0 Å². The number of hydrogen-bond donors (Lipinski definition) is 0. The number of carbonyl (C=O) groups excluding carboxylic acids is 1. The van der Waals surface area contributed by atoms with Gasteiger partial charge in [0.2, 0.25) is 0 Å². The van der Waals surface area contributed by atoms with Crippen LogP contribution < -0.4 is 5.11 Å².